The van der Waals surface area contributed by atoms with Gasteiger partial charge < -0.3 is 14.5 Å². The van der Waals surface area contributed by atoms with E-state index in [1.54, 1.807) is 25.1 Å². The summed E-state index contributed by atoms with van der Waals surface area (Å²) in [6.07, 6.45) is 0. The number of nitrogens with one attached hydrogen (secondary N) is 1. The number of rotatable bonds is 4. The summed E-state index contributed by atoms with van der Waals surface area (Å²) in [5, 5.41) is 3.60. The normalized spacial score (nSPS) is 10.8. The summed E-state index contributed by atoms with van der Waals surface area (Å²) in [5.41, 5.74) is 1.91. The summed E-state index contributed by atoms with van der Waals surface area (Å²) in [6, 6.07) is 8.09. The van der Waals surface area contributed by atoms with Crippen molar-refractivity contribution in [3.05, 3.63) is 51.3 Å². The third kappa shape index (κ3) is 3.75. The summed E-state index contributed by atoms with van der Waals surface area (Å²) in [7, 11) is 0. The van der Waals surface area contributed by atoms with Gasteiger partial charge in [0.15, 0.2) is 18.1 Å². The second kappa shape index (κ2) is 6.89. The fourth-order valence-electron chi connectivity index (χ4n) is 2.08. The number of benzene rings is 2. The lowest BCUT2D eigenvalue weighted by atomic mass is 10.3. The van der Waals surface area contributed by atoms with Crippen molar-refractivity contribution >= 4 is 57.5 Å². The van der Waals surface area contributed by atoms with Crippen molar-refractivity contribution in [3.63, 3.8) is 0 Å². The molecule has 0 bridgehead atoms. The Bertz CT molecular complexity index is 924. The number of amides is 1. The monoisotopic (exact) mass is 384 g/mol. The minimum atomic E-state index is -0.350. The Balaban J connectivity index is 1.65. The van der Waals surface area contributed by atoms with Crippen LogP contribution >= 0.6 is 34.8 Å². The average Bonchev–Trinajstić information content (AvgIpc) is 2.89. The van der Waals surface area contributed by atoms with Crippen LogP contribution in [0.1, 0.15) is 5.89 Å². The topological polar surface area (TPSA) is 64.4 Å². The van der Waals surface area contributed by atoms with Gasteiger partial charge in [0.25, 0.3) is 5.91 Å². The molecular weight excluding hydrogens is 375 g/mol. The number of carbonyl (C=O) groups excluding carboxylic acids is 1. The molecule has 0 saturated carbocycles. The lowest BCUT2D eigenvalue weighted by Crippen LogP contribution is -2.20. The smallest absolute Gasteiger partial charge is 0.262 e. The van der Waals surface area contributed by atoms with Gasteiger partial charge in [0.1, 0.15) is 11.3 Å². The van der Waals surface area contributed by atoms with Crippen LogP contribution < -0.4 is 10.1 Å². The van der Waals surface area contributed by atoms with E-state index in [4.69, 9.17) is 44.0 Å². The highest BCUT2D eigenvalue weighted by atomic mass is 35.5. The van der Waals surface area contributed by atoms with Crippen LogP contribution in [-0.4, -0.2) is 17.5 Å². The number of anilines is 1. The van der Waals surface area contributed by atoms with Crippen molar-refractivity contribution in [1.29, 1.82) is 0 Å². The molecule has 0 aliphatic carbocycles. The fourth-order valence-corrected chi connectivity index (χ4v) is 2.67. The molecular formula is C16H11Cl3N2O3. The summed E-state index contributed by atoms with van der Waals surface area (Å²) in [6.45, 7) is 1.53. The molecule has 8 heteroatoms. The van der Waals surface area contributed by atoms with E-state index in [9.17, 15) is 4.79 Å². The number of fused-ring (bicyclic) bond motifs is 1. The molecule has 24 heavy (non-hydrogen) atoms. The molecule has 2 aromatic carbocycles. The van der Waals surface area contributed by atoms with Gasteiger partial charge in [-0.3, -0.25) is 4.79 Å². The van der Waals surface area contributed by atoms with Gasteiger partial charge in [-0.05, 0) is 24.3 Å². The van der Waals surface area contributed by atoms with E-state index in [0.717, 1.165) is 0 Å². The Morgan fingerprint density at radius 1 is 1.17 bits per heavy atom. The predicted octanol–water partition coefficient (Wildman–Crippen LogP) is 5.11. The van der Waals surface area contributed by atoms with Gasteiger partial charge in [-0.15, -0.1) is 0 Å². The Hall–Kier alpha value is -1.95. The summed E-state index contributed by atoms with van der Waals surface area (Å²) >= 11 is 17.7. The Labute approximate surface area is 152 Å². The first-order valence-corrected chi connectivity index (χ1v) is 8.00. The molecule has 3 aromatic rings. The van der Waals surface area contributed by atoms with Crippen molar-refractivity contribution in [1.82, 2.24) is 4.98 Å². The van der Waals surface area contributed by atoms with Crippen molar-refractivity contribution in [3.8, 4) is 5.75 Å². The number of halogens is 3. The van der Waals surface area contributed by atoms with Crippen LogP contribution in [0.5, 0.6) is 5.75 Å². The van der Waals surface area contributed by atoms with Gasteiger partial charge in [0, 0.05) is 18.7 Å². The van der Waals surface area contributed by atoms with Gasteiger partial charge in [0.2, 0.25) is 0 Å². The van der Waals surface area contributed by atoms with Crippen molar-refractivity contribution in [2.75, 3.05) is 11.9 Å². The molecule has 5 nitrogen and oxygen atoms in total. The van der Waals surface area contributed by atoms with Gasteiger partial charge in [0.05, 0.1) is 15.1 Å². The number of nitrogens with zero attached hydrogens (tertiary/aromatic N) is 1. The number of oxazole rings is 1. The minimum Gasteiger partial charge on any atom is -0.482 e. The molecule has 0 radical (unpaired) electrons. The number of hydrogen-bond donors (Lipinski definition) is 1. The molecule has 0 saturated heterocycles. The third-order valence-electron chi connectivity index (χ3n) is 3.11. The quantitative estimate of drug-likeness (QED) is 0.634. The third-order valence-corrected chi connectivity index (χ3v) is 4.13. The molecule has 124 valence electrons. The molecule has 1 aromatic heterocycles. The summed E-state index contributed by atoms with van der Waals surface area (Å²) in [5.74, 6) is 0.492. The Kier molecular flexibility index (Phi) is 4.85. The van der Waals surface area contributed by atoms with E-state index in [1.165, 1.54) is 12.1 Å². The van der Waals surface area contributed by atoms with Crippen molar-refractivity contribution in [2.24, 2.45) is 0 Å². The molecule has 0 atom stereocenters. The van der Waals surface area contributed by atoms with Crippen LogP contribution in [0.25, 0.3) is 11.1 Å². The number of carbonyl (C=O) groups is 1. The fraction of sp³-hybridized carbons (Fsp3) is 0.125. The minimum absolute atomic E-state index is 0.229. The highest BCUT2D eigenvalue weighted by Gasteiger charge is 2.10. The van der Waals surface area contributed by atoms with E-state index < -0.39 is 0 Å². The highest BCUT2D eigenvalue weighted by Crippen LogP contribution is 2.33. The maximum absolute atomic E-state index is 12.0. The van der Waals surface area contributed by atoms with Crippen LogP contribution in [0.3, 0.4) is 0 Å². The molecule has 0 unspecified atom stereocenters. The van der Waals surface area contributed by atoms with E-state index >= 15 is 0 Å². The van der Waals surface area contributed by atoms with E-state index in [-0.39, 0.29) is 23.3 Å². The van der Waals surface area contributed by atoms with Gasteiger partial charge in [-0.2, -0.15) is 0 Å². The van der Waals surface area contributed by atoms with E-state index in [0.29, 0.717) is 32.7 Å². The summed E-state index contributed by atoms with van der Waals surface area (Å²) < 4.78 is 10.8. The van der Waals surface area contributed by atoms with Crippen molar-refractivity contribution in [2.45, 2.75) is 6.92 Å². The molecule has 3 rings (SSSR count). The maximum Gasteiger partial charge on any atom is 0.262 e. The van der Waals surface area contributed by atoms with Crippen molar-refractivity contribution < 1.29 is 13.9 Å². The first kappa shape index (κ1) is 16.9. The van der Waals surface area contributed by atoms with Crippen LogP contribution in [-0.2, 0) is 4.79 Å². The zero-order chi connectivity index (χ0) is 17.3. The zero-order valence-corrected chi connectivity index (χ0v) is 14.7. The lowest BCUT2D eigenvalue weighted by molar-refractivity contribution is -0.118. The Morgan fingerprint density at radius 3 is 2.71 bits per heavy atom. The van der Waals surface area contributed by atoms with Gasteiger partial charge in [-0.25, -0.2) is 4.98 Å². The number of hydrogen-bond acceptors (Lipinski definition) is 4. The molecule has 0 spiro atoms. The summed E-state index contributed by atoms with van der Waals surface area (Å²) in [4.78, 5) is 16.2. The number of aromatic nitrogens is 1. The molecule has 1 heterocycles. The molecule has 0 aliphatic heterocycles. The van der Waals surface area contributed by atoms with Gasteiger partial charge >= 0.3 is 0 Å². The highest BCUT2D eigenvalue weighted by molar-refractivity contribution is 6.43. The average molecular weight is 386 g/mol. The van der Waals surface area contributed by atoms with Gasteiger partial charge in [-0.1, -0.05) is 34.8 Å². The molecule has 1 N–H and O–H groups in total. The van der Waals surface area contributed by atoms with Crippen LogP contribution in [0.2, 0.25) is 15.1 Å². The molecule has 0 aliphatic rings. The van der Waals surface area contributed by atoms with E-state index in [1.807, 2.05) is 0 Å². The maximum atomic E-state index is 12.0. The number of ether oxygens (including phenoxy) is 1. The Morgan fingerprint density at radius 2 is 1.92 bits per heavy atom. The second-order valence-corrected chi connectivity index (χ2v) is 6.17. The largest absolute Gasteiger partial charge is 0.482 e. The lowest BCUT2D eigenvalue weighted by Gasteiger charge is -2.09. The van der Waals surface area contributed by atoms with E-state index in [2.05, 4.69) is 10.3 Å². The zero-order valence-electron chi connectivity index (χ0n) is 12.4. The van der Waals surface area contributed by atoms with Crippen LogP contribution in [0.4, 0.5) is 5.69 Å². The SMILES string of the molecule is Cc1nc2cc(NC(=O)COc3cc(Cl)c(Cl)cc3Cl)ccc2o1. The standard InChI is InChI=1S/C16H11Cl3N2O3/c1-8-20-13-4-9(2-3-14(13)24-8)21-16(22)7-23-15-6-11(18)10(17)5-12(15)19/h2-6H,7H2,1H3,(H,21,22). The van der Waals surface area contributed by atoms with Crippen LogP contribution in [0.15, 0.2) is 34.7 Å². The number of aryl methyl sites for hydroxylation is 1. The van der Waals surface area contributed by atoms with Crippen LogP contribution in [0, 0.1) is 6.92 Å². The first-order valence-electron chi connectivity index (χ1n) is 6.87. The molecule has 1 amide bonds. The second-order valence-electron chi connectivity index (χ2n) is 4.95. The predicted molar refractivity (Wildman–Crippen MR) is 94.3 cm³/mol. The first-order chi connectivity index (χ1) is 11.4. The molecule has 0 fully saturated rings.